The molecule has 0 heterocycles. The summed E-state index contributed by atoms with van der Waals surface area (Å²) in [7, 11) is 0. The maximum atomic E-state index is 12.2. The van der Waals surface area contributed by atoms with Gasteiger partial charge in [0.25, 0.3) is 0 Å². The van der Waals surface area contributed by atoms with Crippen LogP contribution in [0.3, 0.4) is 0 Å². The fourth-order valence-electron chi connectivity index (χ4n) is 2.62. The molecule has 4 heteroatoms. The van der Waals surface area contributed by atoms with Crippen LogP contribution in [0.5, 0.6) is 5.75 Å². The molecule has 0 bridgehead atoms. The third-order valence-corrected chi connectivity index (χ3v) is 4.56. The standard InChI is InChI=1S/C21H26ClNO2/c1-4-20(17-8-7-15(2)16(3)14-17)23-21(24)6-5-13-25-19-11-9-18(22)10-12-19/h7-12,14,20H,4-6,13H2,1-3H3,(H,23,24)/t20-/m1/s1. The summed E-state index contributed by atoms with van der Waals surface area (Å²) >= 11 is 5.84. The number of amides is 1. The molecular formula is C21H26ClNO2. The maximum Gasteiger partial charge on any atom is 0.220 e. The number of carbonyl (C=O) groups excluding carboxylic acids is 1. The molecule has 2 rings (SSSR count). The van der Waals surface area contributed by atoms with Gasteiger partial charge in [-0.25, -0.2) is 0 Å². The number of benzene rings is 2. The van der Waals surface area contributed by atoms with Crippen molar-refractivity contribution in [2.45, 2.75) is 46.1 Å². The van der Waals surface area contributed by atoms with Crippen LogP contribution in [0, 0.1) is 13.8 Å². The summed E-state index contributed by atoms with van der Waals surface area (Å²) < 4.78 is 5.62. The maximum absolute atomic E-state index is 12.2. The van der Waals surface area contributed by atoms with Crippen molar-refractivity contribution in [1.29, 1.82) is 0 Å². The van der Waals surface area contributed by atoms with Crippen molar-refractivity contribution in [3.05, 3.63) is 64.2 Å². The molecule has 1 atom stereocenters. The number of nitrogens with one attached hydrogen (secondary N) is 1. The SMILES string of the molecule is CC[C@@H](NC(=O)CCCOc1ccc(Cl)cc1)c1ccc(C)c(C)c1. The molecule has 2 aromatic carbocycles. The number of hydrogen-bond donors (Lipinski definition) is 1. The van der Waals surface area contributed by atoms with Gasteiger partial charge in [0.1, 0.15) is 5.75 Å². The lowest BCUT2D eigenvalue weighted by Gasteiger charge is -2.18. The Bertz CT molecular complexity index is 698. The summed E-state index contributed by atoms with van der Waals surface area (Å²) in [6, 6.07) is 13.7. The van der Waals surface area contributed by atoms with Gasteiger partial charge in [-0.2, -0.15) is 0 Å². The zero-order chi connectivity index (χ0) is 18.2. The van der Waals surface area contributed by atoms with E-state index in [0.717, 1.165) is 17.7 Å². The number of ether oxygens (including phenoxy) is 1. The summed E-state index contributed by atoms with van der Waals surface area (Å²) in [6.45, 7) is 6.79. The Morgan fingerprint density at radius 3 is 2.48 bits per heavy atom. The van der Waals surface area contributed by atoms with E-state index in [9.17, 15) is 4.79 Å². The van der Waals surface area contributed by atoms with Gasteiger partial charge >= 0.3 is 0 Å². The third kappa shape index (κ3) is 6.09. The van der Waals surface area contributed by atoms with Gasteiger partial charge in [-0.3, -0.25) is 4.79 Å². The van der Waals surface area contributed by atoms with E-state index in [4.69, 9.17) is 16.3 Å². The highest BCUT2D eigenvalue weighted by atomic mass is 35.5. The molecule has 0 spiro atoms. The molecular weight excluding hydrogens is 334 g/mol. The monoisotopic (exact) mass is 359 g/mol. The fraction of sp³-hybridized carbons (Fsp3) is 0.381. The molecule has 0 radical (unpaired) electrons. The number of rotatable bonds is 8. The second kappa shape index (κ2) is 9.47. The van der Waals surface area contributed by atoms with E-state index in [2.05, 4.69) is 44.3 Å². The zero-order valence-corrected chi connectivity index (χ0v) is 15.9. The van der Waals surface area contributed by atoms with E-state index in [1.54, 1.807) is 12.1 Å². The summed E-state index contributed by atoms with van der Waals surface area (Å²) in [6.07, 6.45) is 2.00. The van der Waals surface area contributed by atoms with Crippen molar-refractivity contribution in [2.24, 2.45) is 0 Å². The van der Waals surface area contributed by atoms with E-state index in [1.165, 1.54) is 11.1 Å². The van der Waals surface area contributed by atoms with Crippen LogP contribution in [0.2, 0.25) is 5.02 Å². The summed E-state index contributed by atoms with van der Waals surface area (Å²) in [4.78, 5) is 12.2. The molecule has 1 amide bonds. The van der Waals surface area contributed by atoms with Crippen molar-refractivity contribution >= 4 is 17.5 Å². The first-order valence-electron chi connectivity index (χ1n) is 8.74. The Kier molecular flexibility index (Phi) is 7.32. The van der Waals surface area contributed by atoms with Gasteiger partial charge in [0, 0.05) is 11.4 Å². The Morgan fingerprint density at radius 1 is 1.12 bits per heavy atom. The van der Waals surface area contributed by atoms with Crippen molar-refractivity contribution in [3.63, 3.8) is 0 Å². The van der Waals surface area contributed by atoms with E-state index in [1.807, 2.05) is 12.1 Å². The minimum Gasteiger partial charge on any atom is -0.494 e. The topological polar surface area (TPSA) is 38.3 Å². The minimum absolute atomic E-state index is 0.0592. The van der Waals surface area contributed by atoms with Crippen molar-refractivity contribution in [1.82, 2.24) is 5.32 Å². The van der Waals surface area contributed by atoms with Crippen molar-refractivity contribution in [3.8, 4) is 5.75 Å². The van der Waals surface area contributed by atoms with Crippen LogP contribution in [0.4, 0.5) is 0 Å². The van der Waals surface area contributed by atoms with Gasteiger partial charge in [-0.05, 0) is 67.6 Å². The van der Waals surface area contributed by atoms with Gasteiger partial charge in [0.15, 0.2) is 0 Å². The molecule has 0 fully saturated rings. The Morgan fingerprint density at radius 2 is 1.84 bits per heavy atom. The first-order valence-corrected chi connectivity index (χ1v) is 9.12. The number of carbonyl (C=O) groups is 1. The van der Waals surface area contributed by atoms with Crippen LogP contribution in [-0.4, -0.2) is 12.5 Å². The van der Waals surface area contributed by atoms with Crippen LogP contribution in [-0.2, 0) is 4.79 Å². The Labute approximate surface area is 155 Å². The van der Waals surface area contributed by atoms with Crippen LogP contribution >= 0.6 is 11.6 Å². The third-order valence-electron chi connectivity index (χ3n) is 4.31. The van der Waals surface area contributed by atoms with Crippen molar-refractivity contribution in [2.75, 3.05) is 6.61 Å². The number of aryl methyl sites for hydroxylation is 2. The second-order valence-corrected chi connectivity index (χ2v) is 6.71. The van der Waals surface area contributed by atoms with Crippen LogP contribution in [0.25, 0.3) is 0 Å². The largest absolute Gasteiger partial charge is 0.494 e. The lowest BCUT2D eigenvalue weighted by atomic mass is 9.99. The molecule has 0 unspecified atom stereocenters. The van der Waals surface area contributed by atoms with E-state index < -0.39 is 0 Å². The Balaban J connectivity index is 1.77. The molecule has 1 N–H and O–H groups in total. The highest BCUT2D eigenvalue weighted by Crippen LogP contribution is 2.20. The second-order valence-electron chi connectivity index (χ2n) is 6.28. The van der Waals surface area contributed by atoms with Gasteiger partial charge in [0.2, 0.25) is 5.91 Å². The Hall–Kier alpha value is -2.00. The predicted molar refractivity (Wildman–Crippen MR) is 103 cm³/mol. The molecule has 134 valence electrons. The molecule has 25 heavy (non-hydrogen) atoms. The predicted octanol–water partition coefficient (Wildman–Crippen LogP) is 5.38. The van der Waals surface area contributed by atoms with E-state index in [0.29, 0.717) is 24.5 Å². The van der Waals surface area contributed by atoms with Gasteiger partial charge in [-0.15, -0.1) is 0 Å². The van der Waals surface area contributed by atoms with Gasteiger partial charge in [0.05, 0.1) is 12.6 Å². The highest BCUT2D eigenvalue weighted by Gasteiger charge is 2.13. The van der Waals surface area contributed by atoms with Gasteiger partial charge < -0.3 is 10.1 Å². The molecule has 0 aliphatic rings. The summed E-state index contributed by atoms with van der Waals surface area (Å²) in [5.74, 6) is 0.830. The fourth-order valence-corrected chi connectivity index (χ4v) is 2.75. The van der Waals surface area contributed by atoms with Crippen molar-refractivity contribution < 1.29 is 9.53 Å². The summed E-state index contributed by atoms with van der Waals surface area (Å²) in [5.41, 5.74) is 3.68. The molecule has 0 aliphatic carbocycles. The zero-order valence-electron chi connectivity index (χ0n) is 15.1. The molecule has 0 saturated carbocycles. The number of hydrogen-bond acceptors (Lipinski definition) is 2. The smallest absolute Gasteiger partial charge is 0.220 e. The molecule has 0 saturated heterocycles. The van der Waals surface area contributed by atoms with Gasteiger partial charge in [-0.1, -0.05) is 36.7 Å². The molecule has 0 aliphatic heterocycles. The average molecular weight is 360 g/mol. The van der Waals surface area contributed by atoms with Crippen LogP contribution < -0.4 is 10.1 Å². The van der Waals surface area contributed by atoms with Crippen LogP contribution in [0.15, 0.2) is 42.5 Å². The lowest BCUT2D eigenvalue weighted by Crippen LogP contribution is -2.28. The quantitative estimate of drug-likeness (QED) is 0.642. The van der Waals surface area contributed by atoms with E-state index >= 15 is 0 Å². The van der Waals surface area contributed by atoms with E-state index in [-0.39, 0.29) is 11.9 Å². The minimum atomic E-state index is 0.0592. The summed E-state index contributed by atoms with van der Waals surface area (Å²) in [5, 5.41) is 3.81. The normalized spacial score (nSPS) is 11.8. The first-order chi connectivity index (χ1) is 12.0. The lowest BCUT2D eigenvalue weighted by molar-refractivity contribution is -0.122. The molecule has 3 nitrogen and oxygen atoms in total. The average Bonchev–Trinajstić information content (AvgIpc) is 2.60. The van der Waals surface area contributed by atoms with Crippen LogP contribution in [0.1, 0.15) is 48.9 Å². The highest BCUT2D eigenvalue weighted by molar-refractivity contribution is 6.30. The molecule has 2 aromatic rings. The number of halogens is 1. The molecule has 0 aromatic heterocycles. The first kappa shape index (κ1) is 19.3.